The molecule has 0 bridgehead atoms. The standard InChI is InChI=1S/C29H41F2N5O5/c1-17(32-2)26(38)34-25(18-7-10-29(30,31)11-8-18)28(40)36-14-19-13-20(37)15-35(19)16-23(36)27(39)33-22-9-12-41-24-6-4-3-5-21(22)24/h3-6,17-20,22-23,25,32,37H,7-16H2,1-2H3,(H,33,39)(H,34,38)/t17-,19+,20?,22+,23?,25-/m0/s1. The minimum absolute atomic E-state index is 0.0927. The molecule has 226 valence electrons. The second-order valence-corrected chi connectivity index (χ2v) is 11.9. The van der Waals surface area contributed by atoms with Gasteiger partial charge in [0.1, 0.15) is 17.8 Å². The lowest BCUT2D eigenvalue weighted by Gasteiger charge is -2.45. The van der Waals surface area contributed by atoms with E-state index in [4.69, 9.17) is 4.74 Å². The molecule has 4 aliphatic rings. The van der Waals surface area contributed by atoms with Crippen LogP contribution < -0.4 is 20.7 Å². The summed E-state index contributed by atoms with van der Waals surface area (Å²) in [5, 5.41) is 19.2. The van der Waals surface area contributed by atoms with Crippen molar-refractivity contribution >= 4 is 17.7 Å². The molecule has 2 unspecified atom stereocenters. The number of piperazine rings is 1. The molecule has 41 heavy (non-hydrogen) atoms. The predicted molar refractivity (Wildman–Crippen MR) is 146 cm³/mol. The van der Waals surface area contributed by atoms with Gasteiger partial charge in [0.05, 0.1) is 24.8 Å². The molecule has 3 heterocycles. The predicted octanol–water partition coefficient (Wildman–Crippen LogP) is 1.19. The van der Waals surface area contributed by atoms with E-state index in [1.807, 2.05) is 29.2 Å². The summed E-state index contributed by atoms with van der Waals surface area (Å²) in [5.74, 6) is -3.74. The van der Waals surface area contributed by atoms with Crippen molar-refractivity contribution in [1.29, 1.82) is 0 Å². The molecule has 0 radical (unpaired) electrons. The Hall–Kier alpha value is -2.83. The number of para-hydroxylation sites is 1. The van der Waals surface area contributed by atoms with E-state index in [2.05, 4.69) is 16.0 Å². The van der Waals surface area contributed by atoms with Gasteiger partial charge in [-0.2, -0.15) is 0 Å². The van der Waals surface area contributed by atoms with Crippen LogP contribution in [0.4, 0.5) is 8.78 Å². The normalized spacial score (nSPS) is 29.4. The van der Waals surface area contributed by atoms with Crippen LogP contribution in [0.5, 0.6) is 5.75 Å². The van der Waals surface area contributed by atoms with E-state index in [1.165, 1.54) is 4.90 Å². The fourth-order valence-electron chi connectivity index (χ4n) is 6.64. The number of hydrogen-bond acceptors (Lipinski definition) is 7. The number of aliphatic hydroxyl groups excluding tert-OH is 1. The highest BCUT2D eigenvalue weighted by Crippen LogP contribution is 2.38. The number of aliphatic hydroxyl groups is 1. The van der Waals surface area contributed by atoms with E-state index in [1.54, 1.807) is 14.0 Å². The lowest BCUT2D eigenvalue weighted by molar-refractivity contribution is -0.150. The minimum atomic E-state index is -2.79. The van der Waals surface area contributed by atoms with Crippen LogP contribution in [0.3, 0.4) is 0 Å². The molecule has 3 fully saturated rings. The molecular weight excluding hydrogens is 536 g/mol. The van der Waals surface area contributed by atoms with Crippen LogP contribution in [0.1, 0.15) is 57.1 Å². The average Bonchev–Trinajstić information content (AvgIpc) is 3.33. The summed E-state index contributed by atoms with van der Waals surface area (Å²) >= 11 is 0. The van der Waals surface area contributed by atoms with Gasteiger partial charge in [-0.3, -0.25) is 19.3 Å². The largest absolute Gasteiger partial charge is 0.493 e. The number of nitrogens with one attached hydrogen (secondary N) is 3. The summed E-state index contributed by atoms with van der Waals surface area (Å²) in [6, 6.07) is 4.59. The lowest BCUT2D eigenvalue weighted by Crippen LogP contribution is -2.66. The van der Waals surface area contributed by atoms with Gasteiger partial charge in [0.25, 0.3) is 0 Å². The average molecular weight is 578 g/mol. The van der Waals surface area contributed by atoms with Crippen molar-refractivity contribution in [3.05, 3.63) is 29.8 Å². The highest BCUT2D eigenvalue weighted by atomic mass is 19.3. The number of ether oxygens (including phenoxy) is 1. The number of benzene rings is 1. The number of carbonyl (C=O) groups excluding carboxylic acids is 3. The molecule has 1 aliphatic carbocycles. The Morgan fingerprint density at radius 1 is 1.10 bits per heavy atom. The van der Waals surface area contributed by atoms with Crippen molar-refractivity contribution in [1.82, 2.24) is 25.8 Å². The van der Waals surface area contributed by atoms with Crippen LogP contribution >= 0.6 is 0 Å². The van der Waals surface area contributed by atoms with Gasteiger partial charge < -0.3 is 30.7 Å². The molecule has 12 heteroatoms. The Labute approximate surface area is 239 Å². The van der Waals surface area contributed by atoms with E-state index < -0.39 is 47.9 Å². The fraction of sp³-hybridized carbons (Fsp3) is 0.690. The molecular formula is C29H41F2N5O5. The Bertz CT molecular complexity index is 1130. The first-order chi connectivity index (χ1) is 19.6. The Morgan fingerprint density at radius 2 is 1.83 bits per heavy atom. The van der Waals surface area contributed by atoms with Gasteiger partial charge in [0.15, 0.2) is 0 Å². The second kappa shape index (κ2) is 12.2. The van der Waals surface area contributed by atoms with Crippen LogP contribution in [0, 0.1) is 5.92 Å². The third kappa shape index (κ3) is 6.49. The third-order valence-corrected chi connectivity index (χ3v) is 9.18. The molecule has 0 aromatic heterocycles. The maximum absolute atomic E-state index is 14.3. The first-order valence-electron chi connectivity index (χ1n) is 14.7. The Morgan fingerprint density at radius 3 is 2.56 bits per heavy atom. The second-order valence-electron chi connectivity index (χ2n) is 11.9. The molecule has 1 aromatic carbocycles. The van der Waals surface area contributed by atoms with E-state index in [0.29, 0.717) is 31.7 Å². The number of carbonyl (C=O) groups is 3. The molecule has 1 aromatic rings. The number of rotatable bonds is 7. The molecule has 6 atom stereocenters. The summed E-state index contributed by atoms with van der Waals surface area (Å²) in [4.78, 5) is 44.7. The van der Waals surface area contributed by atoms with Gasteiger partial charge in [-0.05, 0) is 45.2 Å². The summed E-state index contributed by atoms with van der Waals surface area (Å²) in [5.41, 5.74) is 0.865. The zero-order valence-electron chi connectivity index (χ0n) is 23.7. The van der Waals surface area contributed by atoms with Gasteiger partial charge >= 0.3 is 0 Å². The van der Waals surface area contributed by atoms with Crippen molar-refractivity contribution in [2.75, 3.05) is 33.3 Å². The maximum Gasteiger partial charge on any atom is 0.248 e. The number of alkyl halides is 2. The number of hydrogen-bond donors (Lipinski definition) is 4. The Kier molecular flexibility index (Phi) is 8.81. The summed E-state index contributed by atoms with van der Waals surface area (Å²) in [7, 11) is 1.63. The molecule has 3 aliphatic heterocycles. The van der Waals surface area contributed by atoms with Gasteiger partial charge in [-0.1, -0.05) is 18.2 Å². The molecule has 0 spiro atoms. The van der Waals surface area contributed by atoms with Crippen LogP contribution in [0.2, 0.25) is 0 Å². The minimum Gasteiger partial charge on any atom is -0.493 e. The van der Waals surface area contributed by atoms with Crippen molar-refractivity contribution in [3.8, 4) is 5.75 Å². The first kappa shape index (κ1) is 29.7. The monoisotopic (exact) mass is 577 g/mol. The number of nitrogens with zero attached hydrogens (tertiary/aromatic N) is 2. The number of halogens is 2. The van der Waals surface area contributed by atoms with Crippen LogP contribution in [-0.2, 0) is 14.4 Å². The molecule has 2 saturated heterocycles. The highest BCUT2D eigenvalue weighted by Gasteiger charge is 2.48. The molecule has 4 N–H and O–H groups in total. The smallest absolute Gasteiger partial charge is 0.248 e. The van der Waals surface area contributed by atoms with Crippen LogP contribution in [0.15, 0.2) is 24.3 Å². The molecule has 10 nitrogen and oxygen atoms in total. The van der Waals surface area contributed by atoms with E-state index >= 15 is 0 Å². The van der Waals surface area contributed by atoms with Gasteiger partial charge in [-0.25, -0.2) is 8.78 Å². The topological polar surface area (TPSA) is 123 Å². The van der Waals surface area contributed by atoms with Gasteiger partial charge in [-0.15, -0.1) is 0 Å². The molecule has 3 amide bonds. The fourth-order valence-corrected chi connectivity index (χ4v) is 6.64. The first-order valence-corrected chi connectivity index (χ1v) is 14.7. The molecule has 1 saturated carbocycles. The van der Waals surface area contributed by atoms with Crippen molar-refractivity contribution in [2.45, 2.75) is 87.7 Å². The SMILES string of the molecule is CN[C@@H](C)C(=O)N[C@H](C(=O)N1C[C@H]2CC(O)CN2CC1C(=O)N[C@@H]1CCOc2ccccc21)C1CCC(F)(F)CC1. The van der Waals surface area contributed by atoms with Crippen LogP contribution in [-0.4, -0.2) is 102 Å². The number of fused-ring (bicyclic) bond motifs is 2. The molecule has 5 rings (SSSR count). The zero-order valence-corrected chi connectivity index (χ0v) is 23.7. The van der Waals surface area contributed by atoms with E-state index in [0.717, 1.165) is 5.56 Å². The van der Waals surface area contributed by atoms with Crippen molar-refractivity contribution in [3.63, 3.8) is 0 Å². The Balaban J connectivity index is 1.40. The van der Waals surface area contributed by atoms with E-state index in [-0.39, 0.29) is 56.8 Å². The number of likely N-dealkylation sites (N-methyl/N-ethyl adjacent to an activating group) is 1. The van der Waals surface area contributed by atoms with Gasteiger partial charge in [0, 0.05) is 50.5 Å². The van der Waals surface area contributed by atoms with Crippen molar-refractivity contribution in [2.24, 2.45) is 5.92 Å². The third-order valence-electron chi connectivity index (χ3n) is 9.18. The lowest BCUT2D eigenvalue weighted by atomic mass is 9.81. The summed E-state index contributed by atoms with van der Waals surface area (Å²) < 4.78 is 33.8. The maximum atomic E-state index is 14.3. The quantitative estimate of drug-likeness (QED) is 0.384. The van der Waals surface area contributed by atoms with Crippen molar-refractivity contribution < 1.29 is 33.0 Å². The summed E-state index contributed by atoms with van der Waals surface area (Å²) in [6.07, 6.45) is -0.0393. The van der Waals surface area contributed by atoms with E-state index in [9.17, 15) is 28.3 Å². The zero-order chi connectivity index (χ0) is 29.3. The van der Waals surface area contributed by atoms with Crippen LogP contribution in [0.25, 0.3) is 0 Å². The van der Waals surface area contributed by atoms with Gasteiger partial charge in [0.2, 0.25) is 23.6 Å². The number of amides is 3. The highest BCUT2D eigenvalue weighted by molar-refractivity contribution is 5.93. The summed E-state index contributed by atoms with van der Waals surface area (Å²) in [6.45, 7) is 2.95.